The highest BCUT2D eigenvalue weighted by Gasteiger charge is 2.27. The van der Waals surface area contributed by atoms with E-state index in [1.807, 2.05) is 0 Å². The molecule has 0 unspecified atom stereocenters. The van der Waals surface area contributed by atoms with Gasteiger partial charge in [-0.25, -0.2) is 0 Å². The second-order valence-corrected chi connectivity index (χ2v) is 6.23. The topological polar surface area (TPSA) is 29.1 Å². The molecule has 0 spiro atoms. The van der Waals surface area contributed by atoms with E-state index in [1.165, 1.54) is 0 Å². The summed E-state index contributed by atoms with van der Waals surface area (Å²) in [4.78, 5) is 0. The van der Waals surface area contributed by atoms with E-state index in [4.69, 9.17) is 0 Å². The third-order valence-electron chi connectivity index (χ3n) is 2.19. The molecule has 1 saturated heterocycles. The van der Waals surface area contributed by atoms with Crippen molar-refractivity contribution >= 4 is 22.6 Å². The number of nitrogens with one attached hydrogen (secondary N) is 1. The van der Waals surface area contributed by atoms with Crippen molar-refractivity contribution in [1.82, 2.24) is 5.32 Å². The molecule has 0 bridgehead atoms. The lowest BCUT2D eigenvalue weighted by atomic mass is 10.1. The van der Waals surface area contributed by atoms with Gasteiger partial charge >= 0.3 is 5.51 Å². The summed E-state index contributed by atoms with van der Waals surface area (Å²) in [5, 5.41) is 3.06. The molecular formula is C8H14F3NOS2. The van der Waals surface area contributed by atoms with Gasteiger partial charge in [-0.15, -0.1) is 0 Å². The maximum atomic E-state index is 11.8. The van der Waals surface area contributed by atoms with Gasteiger partial charge in [0.15, 0.2) is 0 Å². The Hall–Kier alpha value is 0.250. The molecular weight excluding hydrogens is 247 g/mol. The summed E-state index contributed by atoms with van der Waals surface area (Å²) in [6.45, 7) is 0.363. The van der Waals surface area contributed by atoms with Crippen molar-refractivity contribution in [2.75, 3.05) is 23.8 Å². The molecule has 1 heterocycles. The minimum atomic E-state index is -4.13. The normalized spacial score (nSPS) is 27.9. The summed E-state index contributed by atoms with van der Waals surface area (Å²) in [7, 11) is -0.708. The predicted octanol–water partition coefficient (Wildman–Crippen LogP) is 1.74. The van der Waals surface area contributed by atoms with Gasteiger partial charge in [0.2, 0.25) is 0 Å². The van der Waals surface area contributed by atoms with Crippen LogP contribution in [0.25, 0.3) is 0 Å². The summed E-state index contributed by atoms with van der Waals surface area (Å²) in [6.07, 6.45) is 1.62. The Bertz CT molecular complexity index is 212. The van der Waals surface area contributed by atoms with Crippen molar-refractivity contribution in [3.8, 4) is 0 Å². The molecule has 0 amide bonds. The summed E-state index contributed by atoms with van der Waals surface area (Å²) < 4.78 is 46.3. The van der Waals surface area contributed by atoms with Crippen LogP contribution in [0.3, 0.4) is 0 Å². The lowest BCUT2D eigenvalue weighted by Gasteiger charge is -2.22. The van der Waals surface area contributed by atoms with E-state index in [0.29, 0.717) is 18.1 Å². The number of hydrogen-bond acceptors (Lipinski definition) is 3. The minimum absolute atomic E-state index is 0.000201. The lowest BCUT2D eigenvalue weighted by Crippen LogP contribution is -2.37. The van der Waals surface area contributed by atoms with Crippen LogP contribution in [0.15, 0.2) is 0 Å². The van der Waals surface area contributed by atoms with Crippen molar-refractivity contribution < 1.29 is 17.4 Å². The molecule has 0 radical (unpaired) electrons. The van der Waals surface area contributed by atoms with Gasteiger partial charge < -0.3 is 5.32 Å². The fourth-order valence-corrected chi connectivity index (χ4v) is 3.18. The average molecular weight is 261 g/mol. The average Bonchev–Trinajstić information content (AvgIpc) is 2.14. The Labute approximate surface area is 93.8 Å². The van der Waals surface area contributed by atoms with Gasteiger partial charge in [0.05, 0.1) is 0 Å². The second-order valence-electron chi connectivity index (χ2n) is 3.37. The summed E-state index contributed by atoms with van der Waals surface area (Å²) >= 11 is 0.000201. The van der Waals surface area contributed by atoms with Crippen LogP contribution in [-0.2, 0) is 10.8 Å². The number of rotatable bonds is 4. The molecule has 0 aliphatic carbocycles. The summed E-state index contributed by atoms with van der Waals surface area (Å²) in [5.74, 6) is 1.39. The van der Waals surface area contributed by atoms with Gasteiger partial charge in [0.25, 0.3) is 0 Å². The molecule has 0 atom stereocenters. The van der Waals surface area contributed by atoms with Crippen LogP contribution < -0.4 is 5.32 Å². The van der Waals surface area contributed by atoms with Crippen molar-refractivity contribution in [2.45, 2.75) is 24.4 Å². The SMILES string of the molecule is O=S1CCC(NCCSC(F)(F)F)CC1. The highest BCUT2D eigenvalue weighted by molar-refractivity contribution is 8.00. The molecule has 15 heavy (non-hydrogen) atoms. The number of thioether (sulfide) groups is 1. The van der Waals surface area contributed by atoms with E-state index in [9.17, 15) is 17.4 Å². The van der Waals surface area contributed by atoms with E-state index in [2.05, 4.69) is 5.32 Å². The Balaban J connectivity index is 2.03. The first-order chi connectivity index (χ1) is 6.97. The number of halogens is 3. The number of alkyl halides is 3. The van der Waals surface area contributed by atoms with Crippen LogP contribution in [0.1, 0.15) is 12.8 Å². The van der Waals surface area contributed by atoms with Crippen LogP contribution in [-0.4, -0.2) is 39.6 Å². The molecule has 0 aromatic carbocycles. The van der Waals surface area contributed by atoms with E-state index in [0.717, 1.165) is 12.8 Å². The minimum Gasteiger partial charge on any atom is -0.313 e. The monoisotopic (exact) mass is 261 g/mol. The molecule has 1 fully saturated rings. The largest absolute Gasteiger partial charge is 0.441 e. The molecule has 1 aliphatic rings. The highest BCUT2D eigenvalue weighted by Crippen LogP contribution is 2.29. The Morgan fingerprint density at radius 2 is 1.93 bits per heavy atom. The van der Waals surface area contributed by atoms with Crippen molar-refractivity contribution in [3.63, 3.8) is 0 Å². The lowest BCUT2D eigenvalue weighted by molar-refractivity contribution is -0.0327. The molecule has 90 valence electrons. The smallest absolute Gasteiger partial charge is 0.313 e. The first-order valence-corrected chi connectivity index (χ1v) is 7.24. The summed E-state index contributed by atoms with van der Waals surface area (Å²) in [6, 6.07) is 0.247. The fraction of sp³-hybridized carbons (Fsp3) is 1.00. The Morgan fingerprint density at radius 1 is 1.33 bits per heavy atom. The maximum Gasteiger partial charge on any atom is 0.441 e. The van der Waals surface area contributed by atoms with Crippen LogP contribution in [0.5, 0.6) is 0 Å². The van der Waals surface area contributed by atoms with Crippen molar-refractivity contribution in [3.05, 3.63) is 0 Å². The van der Waals surface area contributed by atoms with Crippen LogP contribution in [0.2, 0.25) is 0 Å². The zero-order chi connectivity index (χ0) is 11.3. The van der Waals surface area contributed by atoms with Crippen LogP contribution in [0, 0.1) is 0 Å². The third-order valence-corrected chi connectivity index (χ3v) is 4.31. The van der Waals surface area contributed by atoms with Gasteiger partial charge in [-0.1, -0.05) is 0 Å². The van der Waals surface area contributed by atoms with Gasteiger partial charge in [-0.2, -0.15) is 13.2 Å². The second kappa shape index (κ2) is 6.10. The summed E-state index contributed by atoms with van der Waals surface area (Å²) in [5.41, 5.74) is -4.13. The molecule has 0 aromatic heterocycles. The first kappa shape index (κ1) is 13.3. The van der Waals surface area contributed by atoms with E-state index in [1.54, 1.807) is 0 Å². The van der Waals surface area contributed by atoms with Gasteiger partial charge in [-0.3, -0.25) is 4.21 Å². The molecule has 0 saturated carbocycles. The molecule has 1 aliphatic heterocycles. The molecule has 0 aromatic rings. The van der Waals surface area contributed by atoms with E-state index < -0.39 is 16.3 Å². The zero-order valence-electron chi connectivity index (χ0n) is 8.18. The first-order valence-electron chi connectivity index (χ1n) is 4.76. The Kier molecular flexibility index (Phi) is 5.42. The predicted molar refractivity (Wildman–Crippen MR) is 57.4 cm³/mol. The third kappa shape index (κ3) is 6.42. The van der Waals surface area contributed by atoms with Gasteiger partial charge in [0, 0.05) is 40.6 Å². The van der Waals surface area contributed by atoms with Crippen LogP contribution in [0.4, 0.5) is 13.2 Å². The molecule has 2 nitrogen and oxygen atoms in total. The quantitative estimate of drug-likeness (QED) is 0.782. The maximum absolute atomic E-state index is 11.8. The Morgan fingerprint density at radius 3 is 2.47 bits per heavy atom. The van der Waals surface area contributed by atoms with Gasteiger partial charge in [-0.05, 0) is 24.6 Å². The molecule has 1 N–H and O–H groups in total. The van der Waals surface area contributed by atoms with E-state index >= 15 is 0 Å². The van der Waals surface area contributed by atoms with Crippen molar-refractivity contribution in [1.29, 1.82) is 0 Å². The van der Waals surface area contributed by atoms with Crippen LogP contribution >= 0.6 is 11.8 Å². The van der Waals surface area contributed by atoms with E-state index in [-0.39, 0.29) is 23.6 Å². The number of hydrogen-bond donors (Lipinski definition) is 1. The molecule has 7 heteroatoms. The fourth-order valence-electron chi connectivity index (χ4n) is 1.43. The zero-order valence-corrected chi connectivity index (χ0v) is 9.81. The van der Waals surface area contributed by atoms with Crippen molar-refractivity contribution in [2.24, 2.45) is 0 Å². The highest BCUT2D eigenvalue weighted by atomic mass is 32.2. The van der Waals surface area contributed by atoms with Gasteiger partial charge in [0.1, 0.15) is 0 Å². The molecule has 1 rings (SSSR count). The standard InChI is InChI=1S/C8H14F3NOS2/c9-8(10,11)14-4-3-12-7-1-5-15(13)6-2-7/h7,12H,1-6H2.